The predicted octanol–water partition coefficient (Wildman–Crippen LogP) is 4.28. The molecule has 0 aromatic rings. The van der Waals surface area contributed by atoms with Crippen LogP contribution in [0.25, 0.3) is 0 Å². The van der Waals surface area contributed by atoms with Crippen LogP contribution in [0.15, 0.2) is 0 Å². The molecular weight excluding hydrogens is 561 g/mol. The van der Waals surface area contributed by atoms with Gasteiger partial charge in [0, 0.05) is 47.7 Å². The summed E-state index contributed by atoms with van der Waals surface area (Å²) in [5.41, 5.74) is 0. The quantitative estimate of drug-likeness (QED) is 0.384. The van der Waals surface area contributed by atoms with E-state index in [4.69, 9.17) is 23.4 Å². The number of hydrogen-bond acceptors (Lipinski definition) is 10. The first-order valence-electron chi connectivity index (χ1n) is 14.6. The molecule has 0 saturated carbocycles. The SMILES string of the molecule is CC[Si](CC)(CC)O[C@@H]([C@@H]1CSC[C@@H]([C@H](O)[C@H]2CSCCC23OCCO3)C1=O)[C@H]1CSCCC12OCCO2. The molecule has 5 fully saturated rings. The van der Waals surface area contributed by atoms with Crippen LogP contribution in [-0.4, -0.2) is 104 Å². The Morgan fingerprint density at radius 2 is 1.32 bits per heavy atom. The topological polar surface area (TPSA) is 83.5 Å². The predicted molar refractivity (Wildman–Crippen MR) is 158 cm³/mol. The summed E-state index contributed by atoms with van der Waals surface area (Å²) in [6.07, 6.45) is 0.550. The molecule has 5 rings (SSSR count). The van der Waals surface area contributed by atoms with Crippen LogP contribution in [0.2, 0.25) is 18.1 Å². The van der Waals surface area contributed by atoms with E-state index in [0.29, 0.717) is 32.2 Å². The van der Waals surface area contributed by atoms with Gasteiger partial charge >= 0.3 is 0 Å². The van der Waals surface area contributed by atoms with E-state index in [1.54, 1.807) is 11.8 Å². The van der Waals surface area contributed by atoms with Crippen molar-refractivity contribution < 1.29 is 33.3 Å². The molecule has 5 aliphatic heterocycles. The molecule has 0 amide bonds. The van der Waals surface area contributed by atoms with Gasteiger partial charge in [0.1, 0.15) is 5.78 Å². The standard InChI is InChI=1S/C27H46O7S3Si/c1-4-38(5-2,6-3)34-25(22-18-36-14-8-27(22)32-11-12-33-27)20-16-37-15-19(23(20)28)24(29)21-17-35-13-7-26(21)30-9-10-31-26/h19-22,24-25,29H,4-18H2,1-3H3/t19-,20-,21-,22-,24+,25+/m1/s1. The minimum atomic E-state index is -2.04. The number of Topliss-reactive ketones (excluding diaryl/α,β-unsaturated/α-hetero) is 1. The van der Waals surface area contributed by atoms with Crippen LogP contribution in [0.3, 0.4) is 0 Å². The maximum Gasteiger partial charge on any atom is 0.192 e. The second-order valence-corrected chi connectivity index (χ2v) is 19.4. The van der Waals surface area contributed by atoms with E-state index in [9.17, 15) is 9.90 Å². The molecule has 38 heavy (non-hydrogen) atoms. The smallest absolute Gasteiger partial charge is 0.192 e. The van der Waals surface area contributed by atoms with Crippen LogP contribution < -0.4 is 0 Å². The van der Waals surface area contributed by atoms with Crippen molar-refractivity contribution in [1.82, 2.24) is 0 Å². The van der Waals surface area contributed by atoms with Crippen molar-refractivity contribution in [2.24, 2.45) is 23.7 Å². The Bertz CT molecular complexity index is 795. The third-order valence-corrected chi connectivity index (χ3v) is 17.7. The average Bonchev–Trinajstić information content (AvgIpc) is 3.61. The number of rotatable bonds is 9. The summed E-state index contributed by atoms with van der Waals surface area (Å²) in [6, 6.07) is 3.09. The van der Waals surface area contributed by atoms with Gasteiger partial charge in [-0.1, -0.05) is 20.8 Å². The summed E-state index contributed by atoms with van der Waals surface area (Å²) < 4.78 is 32.2. The van der Waals surface area contributed by atoms with Crippen molar-refractivity contribution in [2.45, 2.75) is 75.5 Å². The first-order chi connectivity index (χ1) is 18.4. The van der Waals surface area contributed by atoms with Crippen LogP contribution >= 0.6 is 35.3 Å². The molecule has 5 saturated heterocycles. The Morgan fingerprint density at radius 3 is 1.87 bits per heavy atom. The van der Waals surface area contributed by atoms with Crippen LogP contribution in [0, 0.1) is 23.7 Å². The Labute approximate surface area is 242 Å². The fraction of sp³-hybridized carbons (Fsp3) is 0.963. The van der Waals surface area contributed by atoms with Crippen molar-refractivity contribution in [2.75, 3.05) is 60.9 Å². The van der Waals surface area contributed by atoms with Gasteiger partial charge < -0.3 is 28.5 Å². The first kappa shape index (κ1) is 30.2. The second kappa shape index (κ2) is 12.9. The summed E-state index contributed by atoms with van der Waals surface area (Å²) >= 11 is 5.53. The minimum absolute atomic E-state index is 0.00351. The van der Waals surface area contributed by atoms with Gasteiger partial charge in [-0.15, -0.1) is 0 Å². The molecule has 218 valence electrons. The largest absolute Gasteiger partial charge is 0.413 e. The lowest BCUT2D eigenvalue weighted by molar-refractivity contribution is -0.220. The molecule has 11 heteroatoms. The van der Waals surface area contributed by atoms with E-state index in [0.717, 1.165) is 59.7 Å². The highest BCUT2D eigenvalue weighted by Gasteiger charge is 2.57. The van der Waals surface area contributed by atoms with E-state index < -0.39 is 31.9 Å². The molecule has 5 aliphatic rings. The number of hydrogen-bond donors (Lipinski definition) is 1. The number of aliphatic hydroxyl groups is 1. The van der Waals surface area contributed by atoms with Crippen molar-refractivity contribution in [3.63, 3.8) is 0 Å². The van der Waals surface area contributed by atoms with E-state index in [1.165, 1.54) is 0 Å². The zero-order valence-corrected chi connectivity index (χ0v) is 26.6. The van der Waals surface area contributed by atoms with Gasteiger partial charge in [0.2, 0.25) is 0 Å². The summed E-state index contributed by atoms with van der Waals surface area (Å²) in [4.78, 5) is 14.4. The molecule has 0 bridgehead atoms. The summed E-state index contributed by atoms with van der Waals surface area (Å²) in [5.74, 6) is 2.76. The normalized spacial score (nSPS) is 35.1. The van der Waals surface area contributed by atoms with Gasteiger partial charge in [0.15, 0.2) is 19.9 Å². The third kappa shape index (κ3) is 5.68. The van der Waals surface area contributed by atoms with Crippen molar-refractivity contribution in [1.29, 1.82) is 0 Å². The number of ether oxygens (including phenoxy) is 4. The molecule has 0 aromatic carbocycles. The van der Waals surface area contributed by atoms with E-state index >= 15 is 0 Å². The van der Waals surface area contributed by atoms with E-state index in [1.807, 2.05) is 23.5 Å². The zero-order chi connectivity index (χ0) is 26.8. The van der Waals surface area contributed by atoms with Crippen molar-refractivity contribution in [3.05, 3.63) is 0 Å². The van der Waals surface area contributed by atoms with Gasteiger partial charge in [0.05, 0.1) is 50.5 Å². The maximum atomic E-state index is 14.4. The number of carbonyl (C=O) groups excluding carboxylic acids is 1. The second-order valence-electron chi connectivity index (χ2n) is 11.3. The molecule has 6 atom stereocenters. The van der Waals surface area contributed by atoms with Crippen LogP contribution in [0.1, 0.15) is 33.6 Å². The monoisotopic (exact) mass is 606 g/mol. The lowest BCUT2D eigenvalue weighted by Gasteiger charge is -2.49. The molecule has 7 nitrogen and oxygen atoms in total. The zero-order valence-electron chi connectivity index (χ0n) is 23.2. The first-order valence-corrected chi connectivity index (χ1v) is 20.6. The summed E-state index contributed by atoms with van der Waals surface area (Å²) in [7, 11) is -2.04. The minimum Gasteiger partial charge on any atom is -0.413 e. The van der Waals surface area contributed by atoms with Gasteiger partial charge in [-0.3, -0.25) is 4.79 Å². The molecule has 0 unspecified atom stereocenters. The lowest BCUT2D eigenvalue weighted by Crippen LogP contribution is -2.60. The van der Waals surface area contributed by atoms with Gasteiger partial charge in [-0.05, 0) is 29.6 Å². The lowest BCUT2D eigenvalue weighted by atomic mass is 9.76. The molecular formula is C27H46O7S3Si. The summed E-state index contributed by atoms with van der Waals surface area (Å²) in [5, 5.41) is 11.8. The highest BCUT2D eigenvalue weighted by molar-refractivity contribution is 7.99. The van der Waals surface area contributed by atoms with Crippen LogP contribution in [-0.2, 0) is 28.2 Å². The average molecular weight is 607 g/mol. The Morgan fingerprint density at radius 1 is 0.816 bits per heavy atom. The van der Waals surface area contributed by atoms with Crippen LogP contribution in [0.5, 0.6) is 0 Å². The number of aliphatic hydroxyl groups excluding tert-OH is 1. The van der Waals surface area contributed by atoms with Gasteiger partial charge in [-0.25, -0.2) is 0 Å². The number of carbonyl (C=O) groups is 1. The van der Waals surface area contributed by atoms with E-state index in [-0.39, 0.29) is 29.6 Å². The summed E-state index contributed by atoms with van der Waals surface area (Å²) in [6.45, 7) is 9.05. The van der Waals surface area contributed by atoms with Crippen molar-refractivity contribution in [3.8, 4) is 0 Å². The molecule has 0 aliphatic carbocycles. The Balaban J connectivity index is 1.44. The number of ketones is 1. The molecule has 2 spiro atoms. The fourth-order valence-electron chi connectivity index (χ4n) is 7.13. The van der Waals surface area contributed by atoms with E-state index in [2.05, 4.69) is 20.8 Å². The highest BCUT2D eigenvalue weighted by Crippen LogP contribution is 2.48. The fourth-order valence-corrected chi connectivity index (χ4v) is 14.0. The molecule has 0 radical (unpaired) electrons. The Hall–Kier alpha value is 0.697. The number of thioether (sulfide) groups is 3. The molecule has 5 heterocycles. The van der Waals surface area contributed by atoms with Crippen LogP contribution in [0.4, 0.5) is 0 Å². The van der Waals surface area contributed by atoms with Gasteiger partial charge in [-0.2, -0.15) is 35.3 Å². The third-order valence-electron chi connectivity index (χ3n) is 9.73. The maximum absolute atomic E-state index is 14.4. The Kier molecular flexibility index (Phi) is 10.3. The van der Waals surface area contributed by atoms with Gasteiger partial charge in [0.25, 0.3) is 0 Å². The highest BCUT2D eigenvalue weighted by atomic mass is 32.2. The molecule has 1 N–H and O–H groups in total. The molecule has 0 aromatic heterocycles. The van der Waals surface area contributed by atoms with Crippen molar-refractivity contribution >= 4 is 49.4 Å².